The van der Waals surface area contributed by atoms with Crippen LogP contribution < -0.4 is 10.9 Å². The van der Waals surface area contributed by atoms with Gasteiger partial charge in [-0.25, -0.2) is 0 Å². The van der Waals surface area contributed by atoms with Crippen LogP contribution in [0.1, 0.15) is 0 Å². The van der Waals surface area contributed by atoms with Crippen molar-refractivity contribution in [2.45, 2.75) is 0 Å². The number of para-hydroxylation sites is 1. The molecule has 0 aliphatic heterocycles. The van der Waals surface area contributed by atoms with E-state index in [1.54, 1.807) is 0 Å². The third-order valence-corrected chi connectivity index (χ3v) is 2.28. The fourth-order valence-corrected chi connectivity index (χ4v) is 1.36. The Kier molecular flexibility index (Phi) is 10.8. The van der Waals surface area contributed by atoms with Gasteiger partial charge in [-0.1, -0.05) is 36.4 Å². The van der Waals surface area contributed by atoms with Crippen LogP contribution in [0.4, 0.5) is 11.4 Å². The van der Waals surface area contributed by atoms with Gasteiger partial charge in [0.05, 0.1) is 11.4 Å². The molecule has 2 rings (SSSR count). The number of nitrogens with one attached hydrogen (secondary N) is 2. The zero-order valence-corrected chi connectivity index (χ0v) is 17.0. The molecule has 0 fully saturated rings. The molecule has 0 heterocycles. The van der Waals surface area contributed by atoms with Crippen molar-refractivity contribution in [1.29, 1.82) is 0 Å². The molecule has 0 atom stereocenters. The number of hydrogen-bond donors (Lipinski definition) is 4. The smallest absolute Gasteiger partial charge is 0.299 e. The first-order chi connectivity index (χ1) is 10.8. The number of hydrogen-bond acceptors (Lipinski definition) is 5. The van der Waals surface area contributed by atoms with Crippen LogP contribution in [0.2, 0.25) is 0 Å². The van der Waals surface area contributed by atoms with E-state index in [-0.39, 0.29) is 24.6 Å². The number of azo groups is 1. The third-order valence-electron chi connectivity index (χ3n) is 2.10. The Balaban J connectivity index is 0.000000777. The minimum Gasteiger partial charge on any atom is -0.299 e. The number of thiocarbonyl (C=S) groups is 1. The first-order valence-electron chi connectivity index (χ1n) is 6.12. The molecule has 0 aliphatic rings. The van der Waals surface area contributed by atoms with Gasteiger partial charge in [0.15, 0.2) is 0 Å². The number of hydrazine groups is 1. The minimum absolute atomic E-state index is 0. The average molecular weight is 420 g/mol. The van der Waals surface area contributed by atoms with E-state index in [0.29, 0.717) is 0 Å². The van der Waals surface area contributed by atoms with Crippen LogP contribution in [0.15, 0.2) is 70.9 Å². The molecule has 0 saturated heterocycles. The van der Waals surface area contributed by atoms with Crippen molar-refractivity contribution in [1.82, 2.24) is 5.43 Å². The van der Waals surface area contributed by atoms with E-state index < -0.39 is 10.4 Å². The SMILES string of the molecule is O=S(=O)(O)O.S=C(N=Nc1ccccc1)NNc1ccccc1.[Zn]. The molecule has 124 valence electrons. The van der Waals surface area contributed by atoms with Crippen LogP contribution in [0.3, 0.4) is 0 Å². The van der Waals surface area contributed by atoms with Crippen LogP contribution in [-0.2, 0) is 29.9 Å². The molecule has 0 amide bonds. The van der Waals surface area contributed by atoms with Gasteiger partial charge in [-0.15, -0.1) is 10.2 Å². The number of benzene rings is 2. The zero-order valence-electron chi connectivity index (χ0n) is 12.4. The van der Waals surface area contributed by atoms with Gasteiger partial charge in [0.2, 0.25) is 5.11 Å². The number of nitrogens with zero attached hydrogens (tertiary/aromatic N) is 2. The van der Waals surface area contributed by atoms with E-state index in [9.17, 15) is 0 Å². The van der Waals surface area contributed by atoms with Crippen LogP contribution in [0, 0.1) is 0 Å². The summed E-state index contributed by atoms with van der Waals surface area (Å²) in [4.78, 5) is 0. The van der Waals surface area contributed by atoms with Crippen molar-refractivity contribution in [3.05, 3.63) is 60.7 Å². The van der Waals surface area contributed by atoms with E-state index >= 15 is 0 Å². The second kappa shape index (κ2) is 11.7. The van der Waals surface area contributed by atoms with Crippen LogP contribution in [0.5, 0.6) is 0 Å². The quantitative estimate of drug-likeness (QED) is 0.198. The Morgan fingerprint density at radius 3 is 1.92 bits per heavy atom. The molecule has 0 saturated carbocycles. The molecule has 8 nitrogen and oxygen atoms in total. The molecule has 0 aromatic heterocycles. The van der Waals surface area contributed by atoms with Crippen LogP contribution in [-0.4, -0.2) is 22.6 Å². The summed E-state index contributed by atoms with van der Waals surface area (Å²) in [5.41, 5.74) is 7.40. The summed E-state index contributed by atoms with van der Waals surface area (Å²) < 4.78 is 31.6. The maximum absolute atomic E-state index is 8.74. The second-order valence-corrected chi connectivity index (χ2v) is 5.19. The van der Waals surface area contributed by atoms with Gasteiger partial charge in [-0.3, -0.25) is 20.0 Å². The molecule has 0 spiro atoms. The topological polar surface area (TPSA) is 123 Å². The van der Waals surface area contributed by atoms with Gasteiger partial charge in [0.25, 0.3) is 0 Å². The summed E-state index contributed by atoms with van der Waals surface area (Å²) in [7, 11) is -4.67. The van der Waals surface area contributed by atoms with Gasteiger partial charge in [0.1, 0.15) is 0 Å². The number of anilines is 1. The van der Waals surface area contributed by atoms with Crippen molar-refractivity contribution in [3.8, 4) is 0 Å². The number of rotatable bonds is 3. The Bertz CT molecular complexity index is 735. The fraction of sp³-hybridized carbons (Fsp3) is 0. The summed E-state index contributed by atoms with van der Waals surface area (Å²) in [5.74, 6) is 0. The largest absolute Gasteiger partial charge is 0.394 e. The maximum Gasteiger partial charge on any atom is 0.394 e. The molecule has 11 heteroatoms. The van der Waals surface area contributed by atoms with E-state index in [2.05, 4.69) is 21.1 Å². The Hall–Kier alpha value is -1.78. The summed E-state index contributed by atoms with van der Waals surface area (Å²) in [5, 5.41) is 8.17. The predicted molar refractivity (Wildman–Crippen MR) is 90.9 cm³/mol. The van der Waals surface area contributed by atoms with E-state index in [4.69, 9.17) is 29.7 Å². The zero-order chi connectivity index (χ0) is 17.1. The Morgan fingerprint density at radius 1 is 0.958 bits per heavy atom. The molecule has 2 aromatic rings. The molecule has 0 aliphatic carbocycles. The summed E-state index contributed by atoms with van der Waals surface area (Å²) >= 11 is 5.02. The third kappa shape index (κ3) is 12.7. The Labute approximate surface area is 157 Å². The summed E-state index contributed by atoms with van der Waals surface area (Å²) in [6, 6.07) is 19.1. The van der Waals surface area contributed by atoms with Gasteiger partial charge in [-0.2, -0.15) is 8.42 Å². The first-order valence-corrected chi connectivity index (χ1v) is 7.93. The van der Waals surface area contributed by atoms with Crippen molar-refractivity contribution in [2.75, 3.05) is 5.43 Å². The maximum atomic E-state index is 8.74. The van der Waals surface area contributed by atoms with Gasteiger partial charge in [0, 0.05) is 19.5 Å². The van der Waals surface area contributed by atoms with Crippen LogP contribution in [0.25, 0.3) is 0 Å². The monoisotopic (exact) mass is 418 g/mol. The molecule has 0 unspecified atom stereocenters. The van der Waals surface area contributed by atoms with Crippen molar-refractivity contribution in [3.63, 3.8) is 0 Å². The van der Waals surface area contributed by atoms with Crippen molar-refractivity contribution >= 4 is 39.1 Å². The van der Waals surface area contributed by atoms with E-state index in [0.717, 1.165) is 11.4 Å². The first kappa shape index (κ1) is 22.2. The van der Waals surface area contributed by atoms with E-state index in [1.165, 1.54) is 0 Å². The predicted octanol–water partition coefficient (Wildman–Crippen LogP) is 3.02. The van der Waals surface area contributed by atoms with Crippen molar-refractivity contribution in [2.24, 2.45) is 10.2 Å². The van der Waals surface area contributed by atoms with Crippen LogP contribution >= 0.6 is 12.2 Å². The molecular weight excluding hydrogens is 406 g/mol. The van der Waals surface area contributed by atoms with Crippen molar-refractivity contribution < 1.29 is 37.0 Å². The molecule has 2 aromatic carbocycles. The molecule has 24 heavy (non-hydrogen) atoms. The second-order valence-electron chi connectivity index (χ2n) is 3.90. The molecule has 0 bridgehead atoms. The normalized spacial score (nSPS) is 10.1. The van der Waals surface area contributed by atoms with Gasteiger partial charge in [-0.05, 0) is 36.5 Å². The Morgan fingerprint density at radius 2 is 1.42 bits per heavy atom. The molecular formula is C13H14N4O4S2Zn. The van der Waals surface area contributed by atoms with E-state index in [1.807, 2.05) is 60.7 Å². The standard InChI is InChI=1S/C13H12N4S.H2O4S.Zn/c18-13(16-14-11-7-3-1-4-8-11)17-15-12-9-5-2-6-10-12;1-5(2,3)4;/h1-10,14H,(H,16,18);(H2,1,2,3,4);. The van der Waals surface area contributed by atoms with Gasteiger partial charge >= 0.3 is 10.4 Å². The van der Waals surface area contributed by atoms with Gasteiger partial charge < -0.3 is 0 Å². The molecule has 4 N–H and O–H groups in total. The summed E-state index contributed by atoms with van der Waals surface area (Å²) in [6.07, 6.45) is 0. The fourth-order valence-electron chi connectivity index (χ4n) is 1.27. The average Bonchev–Trinajstić information content (AvgIpc) is 2.51. The minimum atomic E-state index is -4.67. The summed E-state index contributed by atoms with van der Waals surface area (Å²) in [6.45, 7) is 0. The molecule has 0 radical (unpaired) electrons.